The van der Waals surface area contributed by atoms with Gasteiger partial charge in [-0.3, -0.25) is 0 Å². The molecule has 8 nitrogen and oxygen atoms in total. The monoisotopic (exact) mass is 470 g/mol. The van der Waals surface area contributed by atoms with Crippen LogP contribution in [0.2, 0.25) is 0 Å². The number of aryl methyl sites for hydroxylation is 1. The number of benzene rings is 2. The highest BCUT2D eigenvalue weighted by Crippen LogP contribution is 2.24. The van der Waals surface area contributed by atoms with E-state index in [9.17, 15) is 13.2 Å². The number of nitrogens with zero attached hydrogens (tertiary/aromatic N) is 4. The standard InChI is InChI=1S/C22H22N4O4S2/c1-4-26-18-10-9-15(32(28,29)25(2)3)13-17(18)23-20(26)14-30-22(27)12-11-21-24-16-7-5-6-8-19(16)31-21/h5-13H,4,14H2,1-3H3. The molecule has 0 aliphatic heterocycles. The second-order valence-corrected chi connectivity index (χ2v) is 10.4. The first-order chi connectivity index (χ1) is 15.3. The van der Waals surface area contributed by atoms with Gasteiger partial charge in [-0.25, -0.2) is 27.5 Å². The number of esters is 1. The lowest BCUT2D eigenvalue weighted by atomic mass is 10.3. The van der Waals surface area contributed by atoms with Crippen LogP contribution in [0.15, 0.2) is 53.4 Å². The molecule has 0 saturated carbocycles. The molecule has 10 heteroatoms. The summed E-state index contributed by atoms with van der Waals surface area (Å²) < 4.78 is 34.3. The van der Waals surface area contributed by atoms with Crippen molar-refractivity contribution in [3.8, 4) is 0 Å². The van der Waals surface area contributed by atoms with E-state index in [-0.39, 0.29) is 11.5 Å². The van der Waals surface area contributed by atoms with Crippen LogP contribution in [0.25, 0.3) is 27.3 Å². The van der Waals surface area contributed by atoms with Crippen LogP contribution in [0.1, 0.15) is 17.8 Å². The fraction of sp³-hybridized carbons (Fsp3) is 0.227. The second kappa shape index (κ2) is 8.81. The van der Waals surface area contributed by atoms with Gasteiger partial charge in [-0.15, -0.1) is 11.3 Å². The third-order valence-electron chi connectivity index (χ3n) is 4.91. The zero-order chi connectivity index (χ0) is 22.9. The van der Waals surface area contributed by atoms with Crippen molar-refractivity contribution in [3.63, 3.8) is 0 Å². The largest absolute Gasteiger partial charge is 0.454 e. The zero-order valence-corrected chi connectivity index (χ0v) is 19.5. The van der Waals surface area contributed by atoms with Gasteiger partial charge in [0, 0.05) is 26.7 Å². The van der Waals surface area contributed by atoms with Gasteiger partial charge in [0.05, 0.1) is 26.1 Å². The number of hydrogen-bond acceptors (Lipinski definition) is 7. The van der Waals surface area contributed by atoms with Gasteiger partial charge in [-0.2, -0.15) is 0 Å². The number of thiazole rings is 1. The van der Waals surface area contributed by atoms with Gasteiger partial charge in [-0.05, 0) is 43.3 Å². The molecule has 0 aliphatic rings. The van der Waals surface area contributed by atoms with Gasteiger partial charge >= 0.3 is 5.97 Å². The minimum Gasteiger partial charge on any atom is -0.454 e. The Hall–Kier alpha value is -3.08. The lowest BCUT2D eigenvalue weighted by Crippen LogP contribution is -2.22. The van der Waals surface area contributed by atoms with Gasteiger partial charge in [0.15, 0.2) is 0 Å². The maximum Gasteiger partial charge on any atom is 0.331 e. The molecule has 0 amide bonds. The molecule has 0 saturated heterocycles. The normalized spacial score (nSPS) is 12.4. The topological polar surface area (TPSA) is 94.4 Å². The predicted octanol–water partition coefficient (Wildman–Crippen LogP) is 3.67. The predicted molar refractivity (Wildman–Crippen MR) is 125 cm³/mol. The first kappa shape index (κ1) is 22.1. The van der Waals surface area contributed by atoms with Gasteiger partial charge in [0.1, 0.15) is 17.4 Å². The molecule has 0 radical (unpaired) electrons. The molecule has 0 aliphatic carbocycles. The molecule has 4 aromatic rings. The van der Waals surface area contributed by atoms with E-state index < -0.39 is 16.0 Å². The van der Waals surface area contributed by atoms with Gasteiger partial charge in [-0.1, -0.05) is 12.1 Å². The summed E-state index contributed by atoms with van der Waals surface area (Å²) in [6.45, 7) is 2.52. The van der Waals surface area contributed by atoms with Crippen molar-refractivity contribution in [2.45, 2.75) is 25.0 Å². The summed E-state index contributed by atoms with van der Waals surface area (Å²) >= 11 is 1.49. The van der Waals surface area contributed by atoms with Gasteiger partial charge < -0.3 is 9.30 Å². The first-order valence-electron chi connectivity index (χ1n) is 9.91. The van der Waals surface area contributed by atoms with E-state index in [4.69, 9.17) is 4.74 Å². The Morgan fingerprint density at radius 1 is 1.16 bits per heavy atom. The number of ether oxygens (including phenoxy) is 1. The lowest BCUT2D eigenvalue weighted by molar-refractivity contribution is -0.139. The van der Waals surface area contributed by atoms with Gasteiger partial charge in [0.2, 0.25) is 10.0 Å². The summed E-state index contributed by atoms with van der Waals surface area (Å²) in [5.74, 6) is 0.0403. The molecular weight excluding hydrogens is 448 g/mol. The summed E-state index contributed by atoms with van der Waals surface area (Å²) in [7, 11) is -0.597. The highest BCUT2D eigenvalue weighted by molar-refractivity contribution is 7.89. The maximum atomic E-state index is 12.4. The van der Waals surface area contributed by atoms with E-state index in [2.05, 4.69) is 9.97 Å². The van der Waals surface area contributed by atoms with Crippen molar-refractivity contribution >= 4 is 54.7 Å². The molecule has 0 unspecified atom stereocenters. The Labute approximate surface area is 189 Å². The lowest BCUT2D eigenvalue weighted by Gasteiger charge is -2.11. The van der Waals surface area contributed by atoms with Crippen LogP contribution in [0.3, 0.4) is 0 Å². The number of hydrogen-bond donors (Lipinski definition) is 0. The fourth-order valence-corrected chi connectivity index (χ4v) is 5.07. The van der Waals surface area contributed by atoms with Gasteiger partial charge in [0.25, 0.3) is 0 Å². The van der Waals surface area contributed by atoms with E-state index in [1.54, 1.807) is 18.2 Å². The molecule has 0 bridgehead atoms. The third kappa shape index (κ3) is 4.29. The summed E-state index contributed by atoms with van der Waals surface area (Å²) in [6.07, 6.45) is 2.98. The summed E-state index contributed by atoms with van der Waals surface area (Å²) in [5.41, 5.74) is 2.20. The average molecular weight is 471 g/mol. The van der Waals surface area contributed by atoms with Crippen LogP contribution in [0.4, 0.5) is 0 Å². The maximum absolute atomic E-state index is 12.4. The third-order valence-corrected chi connectivity index (χ3v) is 7.72. The molecular formula is C22H22N4O4S2. The number of aromatic nitrogens is 3. The molecule has 32 heavy (non-hydrogen) atoms. The van der Waals surface area contributed by atoms with E-state index in [1.165, 1.54) is 37.6 Å². The molecule has 0 atom stereocenters. The average Bonchev–Trinajstić information content (AvgIpc) is 3.35. The Balaban J connectivity index is 1.51. The fourth-order valence-electron chi connectivity index (χ4n) is 3.28. The Bertz CT molecular complexity index is 1400. The van der Waals surface area contributed by atoms with Crippen molar-refractivity contribution in [1.29, 1.82) is 0 Å². The Morgan fingerprint density at radius 2 is 1.94 bits per heavy atom. The number of imidazole rings is 1. The first-order valence-corrected chi connectivity index (χ1v) is 12.2. The molecule has 2 aromatic heterocycles. The van der Waals surface area contributed by atoms with E-state index in [1.807, 2.05) is 35.8 Å². The van der Waals surface area contributed by atoms with Crippen LogP contribution in [0.5, 0.6) is 0 Å². The molecule has 166 valence electrons. The van der Waals surface area contributed by atoms with Crippen molar-refractivity contribution in [2.75, 3.05) is 14.1 Å². The molecule has 2 aromatic carbocycles. The molecule has 2 heterocycles. The second-order valence-electron chi connectivity index (χ2n) is 7.17. The van der Waals surface area contributed by atoms with E-state index in [0.29, 0.717) is 17.9 Å². The SMILES string of the molecule is CCn1c(COC(=O)C=Cc2nc3ccccc3s2)nc2cc(S(=O)(=O)N(C)C)ccc21. The smallest absolute Gasteiger partial charge is 0.331 e. The number of para-hydroxylation sites is 1. The quantitative estimate of drug-likeness (QED) is 0.302. The summed E-state index contributed by atoms with van der Waals surface area (Å²) in [4.78, 5) is 21.4. The van der Waals surface area contributed by atoms with Crippen LogP contribution >= 0.6 is 11.3 Å². The molecule has 0 spiro atoms. The van der Waals surface area contributed by atoms with Crippen molar-refractivity contribution < 1.29 is 17.9 Å². The number of carbonyl (C=O) groups is 1. The molecule has 0 N–H and O–H groups in total. The number of fused-ring (bicyclic) bond motifs is 2. The minimum atomic E-state index is -3.56. The van der Waals surface area contributed by atoms with E-state index in [0.717, 1.165) is 25.0 Å². The molecule has 0 fully saturated rings. The van der Waals surface area contributed by atoms with Crippen LogP contribution < -0.4 is 0 Å². The number of rotatable bonds is 7. The molecule has 4 rings (SSSR count). The highest BCUT2D eigenvalue weighted by atomic mass is 32.2. The van der Waals surface area contributed by atoms with Crippen LogP contribution in [-0.4, -0.2) is 47.3 Å². The Morgan fingerprint density at radius 3 is 2.66 bits per heavy atom. The number of sulfonamides is 1. The van der Waals surface area contributed by atoms with Crippen molar-refractivity contribution in [1.82, 2.24) is 18.8 Å². The summed E-state index contributed by atoms with van der Waals surface area (Å²) in [6, 6.07) is 12.6. The minimum absolute atomic E-state index is 0.0265. The summed E-state index contributed by atoms with van der Waals surface area (Å²) in [5, 5.41) is 0.721. The van der Waals surface area contributed by atoms with Crippen molar-refractivity contribution in [3.05, 3.63) is 59.4 Å². The zero-order valence-electron chi connectivity index (χ0n) is 17.8. The van der Waals surface area contributed by atoms with Crippen LogP contribution in [-0.2, 0) is 32.7 Å². The Kier molecular flexibility index (Phi) is 6.09. The van der Waals surface area contributed by atoms with Crippen LogP contribution in [0, 0.1) is 0 Å². The van der Waals surface area contributed by atoms with Crippen molar-refractivity contribution in [2.24, 2.45) is 0 Å². The highest BCUT2D eigenvalue weighted by Gasteiger charge is 2.19. The van der Waals surface area contributed by atoms with E-state index >= 15 is 0 Å². The number of carbonyl (C=O) groups excluding carboxylic acids is 1.